The lowest BCUT2D eigenvalue weighted by Crippen LogP contribution is -2.37. The highest BCUT2D eigenvalue weighted by atomic mass is 16.5. The summed E-state index contributed by atoms with van der Waals surface area (Å²) in [6.45, 7) is 2.60. The third kappa shape index (κ3) is 6.74. The number of rotatable bonds is 8. The standard InChI is InChI=1S/C30H32N6O4/c31-13-15-32-28(37)22-8-6-21(7-9-22)26-12-14-33-30(35-26)34-23-10-11-27(36-16-18-39-19-17-36)25(20-23)29(38)40-24-4-2-1-3-5-24/h6-12,14,20,24H,1-5,15-19H2,(H,32,37)(H,33,34,35). The third-order valence-corrected chi connectivity index (χ3v) is 7.08. The van der Waals surface area contributed by atoms with Crippen molar-refractivity contribution in [1.29, 1.82) is 5.26 Å². The van der Waals surface area contributed by atoms with Crippen LogP contribution in [0.3, 0.4) is 0 Å². The minimum Gasteiger partial charge on any atom is -0.459 e. The zero-order valence-corrected chi connectivity index (χ0v) is 22.3. The molecule has 1 saturated carbocycles. The molecule has 10 nitrogen and oxygen atoms in total. The molecular formula is C30H32N6O4. The molecule has 0 atom stereocenters. The summed E-state index contributed by atoms with van der Waals surface area (Å²) < 4.78 is 11.4. The number of benzene rings is 2. The Balaban J connectivity index is 1.35. The molecule has 2 aliphatic rings. The van der Waals surface area contributed by atoms with Crippen LogP contribution in [0.1, 0.15) is 52.8 Å². The van der Waals surface area contributed by atoms with E-state index in [9.17, 15) is 9.59 Å². The third-order valence-electron chi connectivity index (χ3n) is 7.08. The molecular weight excluding hydrogens is 508 g/mol. The van der Waals surface area contributed by atoms with Crippen LogP contribution in [-0.4, -0.2) is 60.8 Å². The minimum absolute atomic E-state index is 0.0424. The fourth-order valence-electron chi connectivity index (χ4n) is 4.98. The first-order chi connectivity index (χ1) is 19.6. The molecule has 0 radical (unpaired) electrons. The van der Waals surface area contributed by atoms with Crippen molar-refractivity contribution in [3.63, 3.8) is 0 Å². The first-order valence-electron chi connectivity index (χ1n) is 13.6. The summed E-state index contributed by atoms with van der Waals surface area (Å²) >= 11 is 0. The van der Waals surface area contributed by atoms with E-state index in [2.05, 4.69) is 25.5 Å². The van der Waals surface area contributed by atoms with Gasteiger partial charge in [0.2, 0.25) is 5.95 Å². The van der Waals surface area contributed by atoms with E-state index in [0.29, 0.717) is 54.8 Å². The number of anilines is 3. The zero-order chi connectivity index (χ0) is 27.7. The maximum absolute atomic E-state index is 13.4. The van der Waals surface area contributed by atoms with Crippen LogP contribution in [0, 0.1) is 11.3 Å². The number of esters is 1. The van der Waals surface area contributed by atoms with Crippen molar-refractivity contribution < 1.29 is 19.1 Å². The average Bonchev–Trinajstić information content (AvgIpc) is 3.01. The van der Waals surface area contributed by atoms with Gasteiger partial charge < -0.3 is 25.0 Å². The topological polar surface area (TPSA) is 129 Å². The molecule has 2 aromatic carbocycles. The van der Waals surface area contributed by atoms with Crippen LogP contribution in [0.15, 0.2) is 54.7 Å². The van der Waals surface area contributed by atoms with Crippen LogP contribution in [0.4, 0.5) is 17.3 Å². The summed E-state index contributed by atoms with van der Waals surface area (Å²) in [5.41, 5.74) is 3.96. The van der Waals surface area contributed by atoms with E-state index in [-0.39, 0.29) is 24.5 Å². The fourth-order valence-corrected chi connectivity index (χ4v) is 4.98. The van der Waals surface area contributed by atoms with Crippen LogP contribution >= 0.6 is 0 Å². The molecule has 2 fully saturated rings. The second-order valence-electron chi connectivity index (χ2n) is 9.81. The van der Waals surface area contributed by atoms with Gasteiger partial charge in [-0.2, -0.15) is 5.26 Å². The number of nitrogens with zero attached hydrogens (tertiary/aromatic N) is 4. The number of hydrogen-bond acceptors (Lipinski definition) is 9. The van der Waals surface area contributed by atoms with Crippen LogP contribution in [-0.2, 0) is 9.47 Å². The maximum Gasteiger partial charge on any atom is 0.340 e. The number of nitriles is 1. The predicted octanol–water partition coefficient (Wildman–Crippen LogP) is 4.47. The first-order valence-corrected chi connectivity index (χ1v) is 13.6. The lowest BCUT2D eigenvalue weighted by molar-refractivity contribution is 0.0211. The van der Waals surface area contributed by atoms with Gasteiger partial charge in [-0.25, -0.2) is 14.8 Å². The van der Waals surface area contributed by atoms with E-state index in [1.807, 2.05) is 18.2 Å². The average molecular weight is 541 g/mol. The molecule has 2 N–H and O–H groups in total. The molecule has 10 heteroatoms. The highest BCUT2D eigenvalue weighted by Gasteiger charge is 2.24. The highest BCUT2D eigenvalue weighted by Crippen LogP contribution is 2.30. The lowest BCUT2D eigenvalue weighted by atomic mass is 9.98. The fraction of sp³-hybridized carbons (Fsp3) is 0.367. The number of nitrogens with one attached hydrogen (secondary N) is 2. The second-order valence-corrected chi connectivity index (χ2v) is 9.81. The van der Waals surface area contributed by atoms with Crippen LogP contribution < -0.4 is 15.5 Å². The Kier molecular flexibility index (Phi) is 8.83. The number of hydrogen-bond donors (Lipinski definition) is 2. The molecule has 0 unspecified atom stereocenters. The Morgan fingerprint density at radius 2 is 1.82 bits per heavy atom. The van der Waals surface area contributed by atoms with Gasteiger partial charge in [0.05, 0.1) is 36.2 Å². The van der Waals surface area contributed by atoms with Gasteiger partial charge in [0.1, 0.15) is 12.6 Å². The van der Waals surface area contributed by atoms with Crippen molar-refractivity contribution in [3.05, 3.63) is 65.9 Å². The van der Waals surface area contributed by atoms with Gasteiger partial charge in [-0.15, -0.1) is 0 Å². The maximum atomic E-state index is 13.4. The van der Waals surface area contributed by atoms with E-state index in [4.69, 9.17) is 14.7 Å². The van der Waals surface area contributed by atoms with Gasteiger partial charge in [-0.3, -0.25) is 4.79 Å². The molecule has 1 aliphatic carbocycles. The molecule has 1 aromatic heterocycles. The molecule has 2 heterocycles. The lowest BCUT2D eigenvalue weighted by Gasteiger charge is -2.31. The van der Waals surface area contributed by atoms with Gasteiger partial charge in [0, 0.05) is 36.1 Å². The van der Waals surface area contributed by atoms with Gasteiger partial charge in [0.15, 0.2) is 0 Å². The van der Waals surface area contributed by atoms with Crippen molar-refractivity contribution >= 4 is 29.2 Å². The Morgan fingerprint density at radius 3 is 2.58 bits per heavy atom. The van der Waals surface area contributed by atoms with E-state index >= 15 is 0 Å². The number of morpholine rings is 1. The Hall–Kier alpha value is -4.49. The van der Waals surface area contributed by atoms with Crippen LogP contribution in [0.2, 0.25) is 0 Å². The SMILES string of the molecule is N#CCNC(=O)c1ccc(-c2ccnc(Nc3ccc(N4CCOCC4)c(C(=O)OC4CCCCC4)c3)n2)cc1. The minimum atomic E-state index is -0.314. The molecule has 0 bridgehead atoms. The van der Waals surface area contributed by atoms with E-state index in [0.717, 1.165) is 36.9 Å². The Bertz CT molecular complexity index is 1380. The predicted molar refractivity (Wildman–Crippen MR) is 150 cm³/mol. The van der Waals surface area contributed by atoms with Crippen molar-refractivity contribution in [2.24, 2.45) is 0 Å². The molecule has 1 amide bonds. The van der Waals surface area contributed by atoms with Crippen molar-refractivity contribution in [1.82, 2.24) is 15.3 Å². The van der Waals surface area contributed by atoms with Crippen molar-refractivity contribution in [2.45, 2.75) is 38.2 Å². The quantitative estimate of drug-likeness (QED) is 0.314. The number of carbonyl (C=O) groups excluding carboxylic acids is 2. The Labute approximate surface area is 233 Å². The zero-order valence-electron chi connectivity index (χ0n) is 22.3. The molecule has 3 aromatic rings. The summed E-state index contributed by atoms with van der Waals surface area (Å²) in [6, 6.07) is 16.3. The Morgan fingerprint density at radius 1 is 1.05 bits per heavy atom. The summed E-state index contributed by atoms with van der Waals surface area (Å²) in [5.74, 6) is -0.249. The number of ether oxygens (including phenoxy) is 2. The normalized spacial score (nSPS) is 15.6. The van der Waals surface area contributed by atoms with E-state index in [1.165, 1.54) is 6.42 Å². The van der Waals surface area contributed by atoms with Crippen molar-refractivity contribution in [2.75, 3.05) is 43.1 Å². The highest BCUT2D eigenvalue weighted by molar-refractivity contribution is 5.97. The second kappa shape index (κ2) is 13.0. The molecule has 40 heavy (non-hydrogen) atoms. The molecule has 0 spiro atoms. The number of amides is 1. The molecule has 1 saturated heterocycles. The van der Waals surface area contributed by atoms with Gasteiger partial charge in [-0.05, 0) is 62.1 Å². The summed E-state index contributed by atoms with van der Waals surface area (Å²) in [6.07, 6.45) is 6.78. The summed E-state index contributed by atoms with van der Waals surface area (Å²) in [4.78, 5) is 36.6. The smallest absolute Gasteiger partial charge is 0.340 e. The van der Waals surface area contributed by atoms with Gasteiger partial charge >= 0.3 is 5.97 Å². The van der Waals surface area contributed by atoms with E-state index < -0.39 is 0 Å². The molecule has 1 aliphatic heterocycles. The largest absolute Gasteiger partial charge is 0.459 e. The molecule has 206 valence electrons. The van der Waals surface area contributed by atoms with E-state index in [1.54, 1.807) is 42.6 Å². The van der Waals surface area contributed by atoms with Gasteiger partial charge in [0.25, 0.3) is 5.91 Å². The summed E-state index contributed by atoms with van der Waals surface area (Å²) in [5, 5.41) is 14.4. The van der Waals surface area contributed by atoms with Crippen LogP contribution in [0.5, 0.6) is 0 Å². The van der Waals surface area contributed by atoms with Crippen molar-refractivity contribution in [3.8, 4) is 17.3 Å². The van der Waals surface area contributed by atoms with Gasteiger partial charge in [-0.1, -0.05) is 18.6 Å². The van der Waals surface area contributed by atoms with Crippen LogP contribution in [0.25, 0.3) is 11.3 Å². The number of aromatic nitrogens is 2. The monoisotopic (exact) mass is 540 g/mol. The number of carbonyl (C=O) groups is 2. The molecule has 5 rings (SSSR count). The summed E-state index contributed by atoms with van der Waals surface area (Å²) in [7, 11) is 0. The first kappa shape index (κ1) is 27.1.